The normalized spacial score (nSPS) is 25.2. The van der Waals surface area contributed by atoms with Crippen molar-refractivity contribution in [3.63, 3.8) is 0 Å². The topological polar surface area (TPSA) is 282 Å². The lowest BCUT2D eigenvalue weighted by atomic mass is 10.2. The highest BCUT2D eigenvalue weighted by Crippen LogP contribution is 2.66. The van der Waals surface area contributed by atoms with Gasteiger partial charge in [0.25, 0.3) is 5.56 Å². The first-order valence-corrected chi connectivity index (χ1v) is 13.5. The van der Waals surface area contributed by atoms with E-state index in [2.05, 4.69) is 28.2 Å². The van der Waals surface area contributed by atoms with Gasteiger partial charge in [0.15, 0.2) is 0 Å². The van der Waals surface area contributed by atoms with Crippen LogP contribution in [0.15, 0.2) is 20.9 Å². The molecule has 2 heterocycles. The van der Waals surface area contributed by atoms with Crippen LogP contribution in [-0.4, -0.2) is 54.2 Å². The molecule has 192 valence electrons. The molecule has 6 atom stereocenters. The number of phosphoric ester groups is 1. The van der Waals surface area contributed by atoms with Gasteiger partial charge < -0.3 is 29.0 Å². The van der Waals surface area contributed by atoms with Crippen molar-refractivity contribution < 1.29 is 55.9 Å². The summed E-state index contributed by atoms with van der Waals surface area (Å²) in [7, 11) is -16.8. The molecule has 0 bridgehead atoms. The Morgan fingerprint density at radius 1 is 1.26 bits per heavy atom. The summed E-state index contributed by atoms with van der Waals surface area (Å²) in [6, 6.07) is 0. The Morgan fingerprint density at radius 3 is 2.50 bits per heavy atom. The fraction of sp³-hybridized carbons (Fsp3) is 0.667. The van der Waals surface area contributed by atoms with E-state index in [1.165, 1.54) is 20.0 Å². The SMILES string of the molecule is Cc1cn([C@H]2CC(O[C@H](C)N=[N+]=[N-])[C@@H](COP(=O)(O)OP(=O)(O)OP(=O)(O)O)O2)c(=O)[nH]c1=O. The van der Waals surface area contributed by atoms with Gasteiger partial charge in [-0.25, -0.2) is 18.5 Å². The molecule has 34 heavy (non-hydrogen) atoms. The van der Waals surface area contributed by atoms with Gasteiger partial charge >= 0.3 is 29.2 Å². The Bertz CT molecular complexity index is 1200. The summed E-state index contributed by atoms with van der Waals surface area (Å²) in [5, 5.41) is 3.31. The highest BCUT2D eigenvalue weighted by atomic mass is 31.3. The van der Waals surface area contributed by atoms with Gasteiger partial charge in [-0.15, -0.1) is 0 Å². The zero-order valence-corrected chi connectivity index (χ0v) is 20.0. The van der Waals surface area contributed by atoms with E-state index in [1.54, 1.807) is 0 Å². The maximum absolute atomic E-state index is 12.2. The molecule has 0 radical (unpaired) electrons. The summed E-state index contributed by atoms with van der Waals surface area (Å²) in [5.74, 6) is 0. The summed E-state index contributed by atoms with van der Waals surface area (Å²) >= 11 is 0. The van der Waals surface area contributed by atoms with Crippen LogP contribution in [0.3, 0.4) is 0 Å². The van der Waals surface area contributed by atoms with E-state index in [1.807, 2.05) is 0 Å². The Kier molecular flexibility index (Phi) is 9.18. The molecule has 1 aromatic heterocycles. The van der Waals surface area contributed by atoms with E-state index < -0.39 is 66.0 Å². The van der Waals surface area contributed by atoms with Gasteiger partial charge in [-0.1, -0.05) is 5.11 Å². The minimum absolute atomic E-state index is 0.0961. The van der Waals surface area contributed by atoms with E-state index in [-0.39, 0.29) is 12.0 Å². The van der Waals surface area contributed by atoms with Crippen LogP contribution in [0.25, 0.3) is 10.4 Å². The van der Waals surface area contributed by atoms with Crippen LogP contribution in [0, 0.1) is 6.92 Å². The predicted molar refractivity (Wildman–Crippen MR) is 108 cm³/mol. The molecule has 0 aromatic carbocycles. The zero-order valence-electron chi connectivity index (χ0n) is 17.3. The van der Waals surface area contributed by atoms with Crippen LogP contribution < -0.4 is 11.2 Å². The average Bonchev–Trinajstić information content (AvgIpc) is 3.02. The molecular weight excluding hydrogens is 531 g/mol. The molecule has 0 saturated carbocycles. The minimum Gasteiger partial charge on any atom is -0.366 e. The summed E-state index contributed by atoms with van der Waals surface area (Å²) < 4.78 is 58.0. The van der Waals surface area contributed by atoms with Crippen molar-refractivity contribution in [2.24, 2.45) is 5.11 Å². The number of aryl methyl sites for hydroxylation is 1. The van der Waals surface area contributed by atoms with Gasteiger partial charge in [0.2, 0.25) is 0 Å². The third kappa shape index (κ3) is 8.52. The highest BCUT2D eigenvalue weighted by Gasteiger charge is 2.43. The molecule has 5 N–H and O–H groups in total. The number of aromatic amines is 1. The molecule has 22 heteroatoms. The van der Waals surface area contributed by atoms with Crippen molar-refractivity contribution in [1.82, 2.24) is 9.55 Å². The van der Waals surface area contributed by atoms with Gasteiger partial charge in [-0.05, 0) is 19.4 Å². The first kappa shape index (κ1) is 28.6. The van der Waals surface area contributed by atoms with Crippen LogP contribution >= 0.6 is 23.5 Å². The Labute approximate surface area is 189 Å². The maximum atomic E-state index is 12.2. The standard InChI is InChI=1S/C12H20N5O14P3/c1-6-4-17(12(19)14-11(6)18)10-3-8(28-7(2)15-16-13)9(29-10)5-27-33(23,24)31-34(25,26)30-32(20,21)22/h4,7-10H,3,5H2,1-2H3,(H,23,24)(H,25,26)(H,14,18,19)(H2,20,21,22)/t7-,8?,9-,10-/m1/s1. The van der Waals surface area contributed by atoms with Gasteiger partial charge in [0, 0.05) is 23.1 Å². The van der Waals surface area contributed by atoms with Crippen LogP contribution in [0.1, 0.15) is 25.1 Å². The number of nitrogens with zero attached hydrogens (tertiary/aromatic N) is 4. The molecule has 1 saturated heterocycles. The lowest BCUT2D eigenvalue weighted by Crippen LogP contribution is -2.33. The fourth-order valence-electron chi connectivity index (χ4n) is 2.79. The summed E-state index contributed by atoms with van der Waals surface area (Å²) in [6.45, 7) is 1.92. The highest BCUT2D eigenvalue weighted by molar-refractivity contribution is 7.66. The van der Waals surface area contributed by atoms with Crippen LogP contribution in [0.4, 0.5) is 0 Å². The van der Waals surface area contributed by atoms with E-state index in [0.717, 1.165) is 4.57 Å². The largest absolute Gasteiger partial charge is 0.490 e. The van der Waals surface area contributed by atoms with Crippen LogP contribution in [0.5, 0.6) is 0 Å². The first-order valence-electron chi connectivity index (χ1n) is 8.97. The number of hydrogen-bond acceptors (Lipinski definition) is 11. The lowest BCUT2D eigenvalue weighted by Gasteiger charge is -2.22. The molecule has 0 amide bonds. The molecule has 1 aliphatic heterocycles. The summed E-state index contributed by atoms with van der Waals surface area (Å²) in [4.78, 5) is 64.3. The minimum atomic E-state index is -5.73. The zero-order chi connectivity index (χ0) is 25.9. The second-order valence-corrected chi connectivity index (χ2v) is 11.1. The molecular formula is C12H20N5O14P3. The average molecular weight is 551 g/mol. The van der Waals surface area contributed by atoms with Crippen molar-refractivity contribution in [2.45, 2.75) is 44.9 Å². The van der Waals surface area contributed by atoms with E-state index in [0.29, 0.717) is 0 Å². The maximum Gasteiger partial charge on any atom is 0.490 e. The molecule has 0 spiro atoms. The molecule has 2 rings (SSSR count). The lowest BCUT2D eigenvalue weighted by molar-refractivity contribution is -0.0757. The molecule has 3 unspecified atom stereocenters. The number of rotatable bonds is 11. The van der Waals surface area contributed by atoms with E-state index in [4.69, 9.17) is 24.8 Å². The number of ether oxygens (including phenoxy) is 2. The molecule has 1 aliphatic rings. The monoisotopic (exact) mass is 551 g/mol. The van der Waals surface area contributed by atoms with Gasteiger partial charge in [0.05, 0.1) is 12.7 Å². The number of H-pyrrole nitrogens is 1. The van der Waals surface area contributed by atoms with Gasteiger partial charge in [-0.2, -0.15) is 8.62 Å². The number of aromatic nitrogens is 2. The molecule has 19 nitrogen and oxygen atoms in total. The number of nitrogens with one attached hydrogen (secondary N) is 1. The fourth-order valence-corrected chi connectivity index (χ4v) is 5.82. The van der Waals surface area contributed by atoms with Crippen molar-refractivity contribution in [2.75, 3.05) is 6.61 Å². The van der Waals surface area contributed by atoms with Crippen molar-refractivity contribution in [1.29, 1.82) is 0 Å². The Balaban J connectivity index is 2.20. The van der Waals surface area contributed by atoms with Crippen molar-refractivity contribution in [3.8, 4) is 0 Å². The van der Waals surface area contributed by atoms with Gasteiger partial charge in [-0.3, -0.25) is 18.9 Å². The first-order chi connectivity index (χ1) is 15.5. The second-order valence-electron chi connectivity index (χ2n) is 6.71. The molecule has 1 aromatic rings. The number of phosphoric acid groups is 3. The summed E-state index contributed by atoms with van der Waals surface area (Å²) in [6.07, 6.45) is -3.32. The Morgan fingerprint density at radius 2 is 1.91 bits per heavy atom. The predicted octanol–water partition coefficient (Wildman–Crippen LogP) is 0.517. The second kappa shape index (κ2) is 10.9. The summed E-state index contributed by atoms with van der Waals surface area (Å²) in [5.41, 5.74) is 7.24. The van der Waals surface area contributed by atoms with Crippen LogP contribution in [0.2, 0.25) is 0 Å². The van der Waals surface area contributed by atoms with Gasteiger partial charge in [0.1, 0.15) is 18.6 Å². The molecule has 1 fully saturated rings. The molecule has 0 aliphatic carbocycles. The van der Waals surface area contributed by atoms with Crippen LogP contribution in [-0.2, 0) is 36.3 Å². The van der Waals surface area contributed by atoms with E-state index in [9.17, 15) is 33.1 Å². The number of hydrogen-bond donors (Lipinski definition) is 5. The van der Waals surface area contributed by atoms with Crippen molar-refractivity contribution >= 4 is 23.5 Å². The smallest absolute Gasteiger partial charge is 0.366 e. The van der Waals surface area contributed by atoms with Crippen molar-refractivity contribution in [3.05, 3.63) is 43.0 Å². The third-order valence-electron chi connectivity index (χ3n) is 4.04. The van der Waals surface area contributed by atoms with E-state index >= 15 is 0 Å². The number of azide groups is 1. The Hall–Kier alpha value is -1.68. The third-order valence-corrected chi connectivity index (χ3v) is 7.84. The quantitative estimate of drug-likeness (QED) is 0.108.